The van der Waals surface area contributed by atoms with Crippen molar-refractivity contribution < 1.29 is 23.1 Å². The summed E-state index contributed by atoms with van der Waals surface area (Å²) in [5, 5.41) is 12.1. The van der Waals surface area contributed by atoms with E-state index in [1.807, 2.05) is 4.90 Å². The van der Waals surface area contributed by atoms with Gasteiger partial charge >= 0.3 is 6.18 Å². The third-order valence-corrected chi connectivity index (χ3v) is 3.64. The van der Waals surface area contributed by atoms with E-state index < -0.39 is 17.8 Å². The predicted octanol–water partition coefficient (Wildman–Crippen LogP) is 1.63. The molecule has 1 aromatic rings. The van der Waals surface area contributed by atoms with E-state index >= 15 is 0 Å². The van der Waals surface area contributed by atoms with Crippen molar-refractivity contribution in [2.24, 2.45) is 0 Å². The van der Waals surface area contributed by atoms with Crippen molar-refractivity contribution in [2.45, 2.75) is 25.1 Å². The van der Waals surface area contributed by atoms with E-state index in [9.17, 15) is 23.1 Å². The van der Waals surface area contributed by atoms with Crippen LogP contribution in [0.15, 0.2) is 24.3 Å². The minimum absolute atomic E-state index is 0.0610. The lowest BCUT2D eigenvalue weighted by molar-refractivity contribution is -0.137. The van der Waals surface area contributed by atoms with E-state index in [1.54, 1.807) is 0 Å². The lowest BCUT2D eigenvalue weighted by Gasteiger charge is -2.29. The Bertz CT molecular complexity index is 635. The average molecular weight is 340 g/mol. The number of rotatable bonds is 3. The van der Waals surface area contributed by atoms with Crippen LogP contribution in [0.2, 0.25) is 0 Å². The van der Waals surface area contributed by atoms with Crippen molar-refractivity contribution >= 4 is 5.91 Å². The van der Waals surface area contributed by atoms with E-state index in [0.717, 1.165) is 31.5 Å². The van der Waals surface area contributed by atoms with E-state index in [0.29, 0.717) is 6.54 Å². The van der Waals surface area contributed by atoms with Gasteiger partial charge in [-0.25, -0.2) is 0 Å². The van der Waals surface area contributed by atoms with E-state index in [2.05, 4.69) is 17.2 Å². The Morgan fingerprint density at radius 2 is 2.21 bits per heavy atom. The number of nitrogens with zero attached hydrogens (tertiary/aromatic N) is 1. The number of hydrogen-bond donors (Lipinski definition) is 2. The van der Waals surface area contributed by atoms with E-state index in [-0.39, 0.29) is 24.6 Å². The number of carbonyl (C=O) groups excluding carboxylic acids is 1. The lowest BCUT2D eigenvalue weighted by atomic mass is 10.1. The zero-order valence-corrected chi connectivity index (χ0v) is 13.1. The maximum Gasteiger partial charge on any atom is 0.416 e. The largest absolute Gasteiger partial charge is 0.416 e. The van der Waals surface area contributed by atoms with Gasteiger partial charge < -0.3 is 10.4 Å². The Morgan fingerprint density at radius 1 is 1.42 bits per heavy atom. The molecule has 1 amide bonds. The molecule has 1 atom stereocenters. The van der Waals surface area contributed by atoms with Crippen molar-refractivity contribution in [1.29, 1.82) is 0 Å². The van der Waals surface area contributed by atoms with Crippen LogP contribution >= 0.6 is 0 Å². The summed E-state index contributed by atoms with van der Waals surface area (Å²) >= 11 is 0. The van der Waals surface area contributed by atoms with Crippen LogP contribution in [0, 0.1) is 11.8 Å². The first kappa shape index (κ1) is 18.3. The first-order valence-electron chi connectivity index (χ1n) is 7.68. The second kappa shape index (κ2) is 8.18. The molecule has 0 saturated carbocycles. The number of halogens is 3. The Morgan fingerprint density at radius 3 is 2.92 bits per heavy atom. The fourth-order valence-corrected chi connectivity index (χ4v) is 2.50. The van der Waals surface area contributed by atoms with Gasteiger partial charge in [0, 0.05) is 12.1 Å². The van der Waals surface area contributed by atoms with Crippen molar-refractivity contribution in [2.75, 3.05) is 26.2 Å². The van der Waals surface area contributed by atoms with Crippen LogP contribution in [0.3, 0.4) is 0 Å². The highest BCUT2D eigenvalue weighted by Gasteiger charge is 2.30. The monoisotopic (exact) mass is 340 g/mol. The smallest absolute Gasteiger partial charge is 0.392 e. The molecule has 0 radical (unpaired) electrons. The van der Waals surface area contributed by atoms with Gasteiger partial charge in [0.25, 0.3) is 0 Å². The molecular weight excluding hydrogens is 321 g/mol. The summed E-state index contributed by atoms with van der Waals surface area (Å²) in [5.74, 6) is 5.02. The fourth-order valence-electron chi connectivity index (χ4n) is 2.50. The van der Waals surface area contributed by atoms with Crippen molar-refractivity contribution in [3.63, 3.8) is 0 Å². The van der Waals surface area contributed by atoms with Gasteiger partial charge in [-0.05, 0) is 37.6 Å². The number of hydrogen-bond acceptors (Lipinski definition) is 3. The molecule has 1 saturated heterocycles. The summed E-state index contributed by atoms with van der Waals surface area (Å²) in [6.45, 7) is 1.48. The molecule has 2 rings (SSSR count). The zero-order valence-electron chi connectivity index (χ0n) is 13.1. The van der Waals surface area contributed by atoms with Crippen molar-refractivity contribution in [3.8, 4) is 11.8 Å². The van der Waals surface area contributed by atoms with Crippen molar-refractivity contribution in [3.05, 3.63) is 35.4 Å². The van der Waals surface area contributed by atoms with Gasteiger partial charge in [-0.2, -0.15) is 13.2 Å². The number of carbonyl (C=O) groups is 1. The van der Waals surface area contributed by atoms with Crippen LogP contribution in [-0.4, -0.2) is 48.2 Å². The Labute approximate surface area is 138 Å². The molecule has 1 unspecified atom stereocenters. The Kier molecular flexibility index (Phi) is 6.23. The molecule has 1 aromatic carbocycles. The molecule has 4 nitrogen and oxygen atoms in total. The summed E-state index contributed by atoms with van der Waals surface area (Å²) in [7, 11) is 0. The van der Waals surface area contributed by atoms with E-state index in [4.69, 9.17) is 0 Å². The molecule has 0 aromatic heterocycles. The third kappa shape index (κ3) is 5.87. The second-order valence-corrected chi connectivity index (χ2v) is 5.69. The van der Waals surface area contributed by atoms with Crippen molar-refractivity contribution in [1.82, 2.24) is 10.2 Å². The first-order chi connectivity index (χ1) is 11.3. The van der Waals surface area contributed by atoms with Gasteiger partial charge in [0.05, 0.1) is 24.8 Å². The van der Waals surface area contributed by atoms with Crippen LogP contribution < -0.4 is 5.32 Å². The summed E-state index contributed by atoms with van der Waals surface area (Å²) in [5.41, 5.74) is -0.500. The van der Waals surface area contributed by atoms with Crippen LogP contribution in [-0.2, 0) is 11.0 Å². The van der Waals surface area contributed by atoms with Gasteiger partial charge in [0.1, 0.15) is 0 Å². The maximum atomic E-state index is 12.6. The zero-order chi connectivity index (χ0) is 17.6. The van der Waals surface area contributed by atoms with Gasteiger partial charge in [-0.3, -0.25) is 9.69 Å². The normalized spacial score (nSPS) is 18.6. The second-order valence-electron chi connectivity index (χ2n) is 5.69. The number of β-amino-alcohol motifs (C(OH)–C–C–N with tert-alkyl or cyclic N) is 1. The third-order valence-electron chi connectivity index (χ3n) is 3.64. The minimum Gasteiger partial charge on any atom is -0.392 e. The first-order valence-corrected chi connectivity index (χ1v) is 7.68. The van der Waals surface area contributed by atoms with Crippen LogP contribution in [0.5, 0.6) is 0 Å². The number of aliphatic hydroxyl groups excluding tert-OH is 1. The molecule has 1 heterocycles. The molecule has 7 heteroatoms. The average Bonchev–Trinajstić information content (AvgIpc) is 2.51. The highest BCUT2D eigenvalue weighted by atomic mass is 19.4. The molecule has 1 fully saturated rings. The number of nitrogens with one attached hydrogen (secondary N) is 1. The molecule has 1 aliphatic rings. The Balaban J connectivity index is 1.80. The number of benzene rings is 1. The summed E-state index contributed by atoms with van der Waals surface area (Å²) in [6, 6.07) is 4.75. The Hall–Kier alpha value is -2.04. The molecule has 0 spiro atoms. The fraction of sp³-hybridized carbons (Fsp3) is 0.471. The summed E-state index contributed by atoms with van der Waals surface area (Å²) in [4.78, 5) is 13.6. The molecule has 1 aliphatic heterocycles. The van der Waals surface area contributed by atoms with Gasteiger partial charge in [-0.1, -0.05) is 17.9 Å². The summed E-state index contributed by atoms with van der Waals surface area (Å²) in [6.07, 6.45) is -3.19. The molecule has 0 aliphatic carbocycles. The number of amides is 1. The predicted molar refractivity (Wildman–Crippen MR) is 83.0 cm³/mol. The molecule has 24 heavy (non-hydrogen) atoms. The number of piperidine rings is 1. The maximum absolute atomic E-state index is 12.6. The minimum atomic E-state index is -4.40. The van der Waals surface area contributed by atoms with E-state index in [1.165, 1.54) is 12.1 Å². The van der Waals surface area contributed by atoms with Crippen LogP contribution in [0.4, 0.5) is 13.2 Å². The topological polar surface area (TPSA) is 52.6 Å². The van der Waals surface area contributed by atoms with Crippen LogP contribution in [0.25, 0.3) is 0 Å². The number of aliphatic hydroxyl groups is 1. The van der Waals surface area contributed by atoms with Gasteiger partial charge in [0.15, 0.2) is 0 Å². The highest BCUT2D eigenvalue weighted by Crippen LogP contribution is 2.29. The SMILES string of the molecule is O=C(CN1CCCC(O)C1)NCC#Cc1cccc(C(F)(F)F)c1. The molecular formula is C17H19F3N2O2. The molecule has 2 N–H and O–H groups in total. The molecule has 130 valence electrons. The van der Waals surface area contributed by atoms with Crippen LogP contribution in [0.1, 0.15) is 24.0 Å². The van der Waals surface area contributed by atoms with Gasteiger partial charge in [-0.15, -0.1) is 0 Å². The quantitative estimate of drug-likeness (QED) is 0.823. The number of likely N-dealkylation sites (tertiary alicyclic amines) is 1. The summed E-state index contributed by atoms with van der Waals surface area (Å²) < 4.78 is 37.8. The highest BCUT2D eigenvalue weighted by molar-refractivity contribution is 5.78. The lowest BCUT2D eigenvalue weighted by Crippen LogP contribution is -2.44. The standard InChI is InChI=1S/C17H19F3N2O2/c18-17(19,20)14-6-1-4-13(10-14)5-2-8-21-16(24)12-22-9-3-7-15(23)11-22/h1,4,6,10,15,23H,3,7-9,11-12H2,(H,21,24). The number of alkyl halides is 3. The van der Waals surface area contributed by atoms with Gasteiger partial charge in [0.2, 0.25) is 5.91 Å². The molecule has 0 bridgehead atoms.